The highest BCUT2D eigenvalue weighted by molar-refractivity contribution is 8.15. The molecule has 2 aromatic rings. The molecule has 0 bridgehead atoms. The summed E-state index contributed by atoms with van der Waals surface area (Å²) in [6.45, 7) is 0.186. The summed E-state index contributed by atoms with van der Waals surface area (Å²) >= 11 is 0.948. The van der Waals surface area contributed by atoms with Crippen molar-refractivity contribution in [3.8, 4) is 11.5 Å². The molecule has 2 aromatic carbocycles. The first kappa shape index (κ1) is 21.0. The number of hydrogen-bond acceptors (Lipinski definition) is 6. The second-order valence-corrected chi connectivity index (χ2v) is 7.99. The highest BCUT2D eigenvalue weighted by atomic mass is 32.2. The van der Waals surface area contributed by atoms with Gasteiger partial charge in [0.25, 0.3) is 0 Å². The van der Waals surface area contributed by atoms with Gasteiger partial charge in [-0.1, -0.05) is 23.9 Å². The van der Waals surface area contributed by atoms with Gasteiger partial charge >= 0.3 is 6.18 Å². The number of rotatable bonds is 4. The van der Waals surface area contributed by atoms with Crippen LogP contribution in [0.15, 0.2) is 47.5 Å². The van der Waals surface area contributed by atoms with Gasteiger partial charge < -0.3 is 15.2 Å². The van der Waals surface area contributed by atoms with Crippen LogP contribution in [-0.4, -0.2) is 33.9 Å². The lowest BCUT2D eigenvalue weighted by Crippen LogP contribution is -2.45. The lowest BCUT2D eigenvalue weighted by molar-refractivity contribution is -0.137. The molecule has 162 valence electrons. The van der Waals surface area contributed by atoms with Gasteiger partial charge in [0, 0.05) is 6.42 Å². The van der Waals surface area contributed by atoms with Crippen LogP contribution in [0, 0.1) is 0 Å². The number of carbonyl (C=O) groups is 2. The highest BCUT2D eigenvalue weighted by Gasteiger charge is 2.35. The van der Waals surface area contributed by atoms with E-state index in [0.29, 0.717) is 17.1 Å². The summed E-state index contributed by atoms with van der Waals surface area (Å²) in [4.78, 5) is 30.0. The van der Waals surface area contributed by atoms with E-state index in [1.165, 1.54) is 17.0 Å². The van der Waals surface area contributed by atoms with Crippen molar-refractivity contribution in [1.29, 1.82) is 0 Å². The number of primary amides is 1. The quantitative estimate of drug-likeness (QED) is 0.769. The molecule has 2 aliphatic rings. The third-order valence-electron chi connectivity index (χ3n) is 4.63. The number of hydrogen-bond donors (Lipinski definition) is 1. The number of thioether (sulfide) groups is 1. The van der Waals surface area contributed by atoms with Crippen molar-refractivity contribution >= 4 is 34.4 Å². The van der Waals surface area contributed by atoms with Crippen molar-refractivity contribution in [3.05, 3.63) is 53.6 Å². The molecule has 1 saturated heterocycles. The van der Waals surface area contributed by atoms with Gasteiger partial charge in [-0.05, 0) is 35.9 Å². The van der Waals surface area contributed by atoms with E-state index in [0.717, 1.165) is 23.9 Å². The van der Waals surface area contributed by atoms with Gasteiger partial charge in [-0.2, -0.15) is 13.2 Å². The Morgan fingerprint density at radius 2 is 1.97 bits per heavy atom. The average molecular weight is 451 g/mol. The van der Waals surface area contributed by atoms with Crippen molar-refractivity contribution in [2.75, 3.05) is 6.79 Å². The molecule has 0 saturated carbocycles. The van der Waals surface area contributed by atoms with E-state index >= 15 is 0 Å². The summed E-state index contributed by atoms with van der Waals surface area (Å²) < 4.78 is 49.8. The fraction of sp³-hybridized carbons (Fsp3) is 0.250. The van der Waals surface area contributed by atoms with Crippen LogP contribution in [0.1, 0.15) is 17.5 Å². The minimum absolute atomic E-state index is 0.00549. The Morgan fingerprint density at radius 3 is 2.71 bits per heavy atom. The maximum absolute atomic E-state index is 13.0. The van der Waals surface area contributed by atoms with Gasteiger partial charge in [-0.25, -0.2) is 4.99 Å². The number of ether oxygens (including phenoxy) is 2. The molecule has 0 radical (unpaired) electrons. The first-order valence-electron chi connectivity index (χ1n) is 9.11. The topological polar surface area (TPSA) is 94.2 Å². The van der Waals surface area contributed by atoms with Crippen LogP contribution in [0.25, 0.3) is 0 Å². The Morgan fingerprint density at radius 1 is 1.19 bits per heavy atom. The molecule has 0 aromatic heterocycles. The number of carbonyl (C=O) groups excluding carboxylic acids is 2. The van der Waals surface area contributed by atoms with Crippen LogP contribution in [-0.2, 0) is 22.3 Å². The number of amides is 2. The van der Waals surface area contributed by atoms with Crippen molar-refractivity contribution < 1.29 is 32.2 Å². The lowest BCUT2D eigenvalue weighted by Gasteiger charge is -2.31. The van der Waals surface area contributed by atoms with Crippen molar-refractivity contribution in [3.63, 3.8) is 0 Å². The minimum Gasteiger partial charge on any atom is -0.454 e. The van der Waals surface area contributed by atoms with Crippen molar-refractivity contribution in [2.24, 2.45) is 10.7 Å². The molecule has 2 amide bonds. The van der Waals surface area contributed by atoms with E-state index in [9.17, 15) is 22.8 Å². The smallest absolute Gasteiger partial charge is 0.416 e. The molecular weight excluding hydrogens is 435 g/mol. The number of amidine groups is 1. The van der Waals surface area contributed by atoms with Crippen LogP contribution in [0.5, 0.6) is 11.5 Å². The Balaban J connectivity index is 1.67. The van der Waals surface area contributed by atoms with E-state index in [2.05, 4.69) is 4.99 Å². The van der Waals surface area contributed by atoms with Gasteiger partial charge in [0.2, 0.25) is 18.6 Å². The number of aliphatic imine (C=N–C) groups is 1. The van der Waals surface area contributed by atoms with Crippen LogP contribution < -0.4 is 15.2 Å². The van der Waals surface area contributed by atoms with Crippen LogP contribution in [0.4, 0.5) is 18.9 Å². The Labute approximate surface area is 179 Å². The molecular formula is C20H16F3N3O4S. The van der Waals surface area contributed by atoms with Crippen molar-refractivity contribution in [2.45, 2.75) is 24.4 Å². The SMILES string of the molecule is NC(=O)[C@H]1CC(=O)N(Cc2ccc3c(c2)OCO3)C(=Nc2cccc(C(F)(F)F)c2)S1. The monoisotopic (exact) mass is 451 g/mol. The number of nitrogens with zero attached hydrogens (tertiary/aromatic N) is 2. The number of halogens is 3. The second-order valence-electron chi connectivity index (χ2n) is 6.82. The summed E-state index contributed by atoms with van der Waals surface area (Å²) in [5, 5.41) is -0.762. The lowest BCUT2D eigenvalue weighted by atomic mass is 10.1. The van der Waals surface area contributed by atoms with Crippen LogP contribution >= 0.6 is 11.8 Å². The predicted molar refractivity (Wildman–Crippen MR) is 107 cm³/mol. The fourth-order valence-electron chi connectivity index (χ4n) is 3.09. The van der Waals surface area contributed by atoms with Gasteiger partial charge in [-0.3, -0.25) is 14.5 Å². The third-order valence-corrected chi connectivity index (χ3v) is 5.84. The number of alkyl halides is 3. The maximum Gasteiger partial charge on any atom is 0.416 e. The van der Waals surface area contributed by atoms with Crippen LogP contribution in [0.2, 0.25) is 0 Å². The molecule has 11 heteroatoms. The Hall–Kier alpha value is -3.21. The summed E-state index contributed by atoms with van der Waals surface area (Å²) in [5.74, 6) is -0.000463. The first-order chi connectivity index (χ1) is 14.7. The van der Waals surface area contributed by atoms with E-state index in [1.54, 1.807) is 18.2 Å². The molecule has 4 rings (SSSR count). The van der Waals surface area contributed by atoms with Gasteiger partial charge in [0.1, 0.15) is 0 Å². The van der Waals surface area contributed by atoms with Gasteiger partial charge in [0.05, 0.1) is 23.0 Å². The van der Waals surface area contributed by atoms with E-state index < -0.39 is 28.8 Å². The second kappa shape index (κ2) is 8.14. The summed E-state index contributed by atoms with van der Waals surface area (Å²) in [6.07, 6.45) is -4.67. The van der Waals surface area contributed by atoms with Gasteiger partial charge in [0.15, 0.2) is 16.7 Å². The van der Waals surface area contributed by atoms with E-state index in [-0.39, 0.29) is 30.6 Å². The number of nitrogens with two attached hydrogens (primary N) is 1. The minimum atomic E-state index is -4.53. The zero-order valence-corrected chi connectivity index (χ0v) is 16.7. The molecule has 2 heterocycles. The summed E-state index contributed by atoms with van der Waals surface area (Å²) in [6, 6.07) is 9.58. The van der Waals surface area contributed by atoms with E-state index in [4.69, 9.17) is 15.2 Å². The average Bonchev–Trinajstić information content (AvgIpc) is 3.17. The zero-order chi connectivity index (χ0) is 22.2. The first-order valence-corrected chi connectivity index (χ1v) is 9.99. The van der Waals surface area contributed by atoms with Gasteiger partial charge in [-0.15, -0.1) is 0 Å². The molecule has 1 fully saturated rings. The molecule has 1 atom stereocenters. The highest BCUT2D eigenvalue weighted by Crippen LogP contribution is 2.36. The Bertz CT molecular complexity index is 1070. The standard InChI is InChI=1S/C20H16F3N3O4S/c21-20(22,23)12-2-1-3-13(7-12)25-19-26(17(27)8-16(31-19)18(24)28)9-11-4-5-14-15(6-11)30-10-29-14/h1-7,16H,8-10H2,(H2,24,28)/t16-/m1/s1. The summed E-state index contributed by atoms with van der Waals surface area (Å²) in [5.41, 5.74) is 5.20. The summed E-state index contributed by atoms with van der Waals surface area (Å²) in [7, 11) is 0. The Kier molecular flexibility index (Phi) is 5.52. The maximum atomic E-state index is 13.0. The largest absolute Gasteiger partial charge is 0.454 e. The molecule has 0 spiro atoms. The fourth-order valence-corrected chi connectivity index (χ4v) is 4.14. The molecule has 7 nitrogen and oxygen atoms in total. The zero-order valence-electron chi connectivity index (χ0n) is 15.9. The molecule has 2 N–H and O–H groups in total. The van der Waals surface area contributed by atoms with Crippen molar-refractivity contribution in [1.82, 2.24) is 4.90 Å². The molecule has 0 unspecified atom stereocenters. The molecule has 31 heavy (non-hydrogen) atoms. The number of benzene rings is 2. The molecule has 2 aliphatic heterocycles. The normalized spacial score (nSPS) is 19.7. The predicted octanol–water partition coefficient (Wildman–Crippen LogP) is 3.44. The van der Waals surface area contributed by atoms with E-state index in [1.807, 2.05) is 0 Å². The molecule has 0 aliphatic carbocycles. The van der Waals surface area contributed by atoms with Crippen LogP contribution in [0.3, 0.4) is 0 Å². The third kappa shape index (κ3) is 4.61. The number of fused-ring (bicyclic) bond motifs is 1.